The van der Waals surface area contributed by atoms with Crippen LogP contribution >= 0.6 is 0 Å². The third kappa shape index (κ3) is 3.79. The first kappa shape index (κ1) is 13.0. The lowest BCUT2D eigenvalue weighted by atomic mass is 9.69. The molecule has 2 N–H and O–H groups in total. The molecule has 1 heteroatoms. The fourth-order valence-electron chi connectivity index (χ4n) is 3.05. The van der Waals surface area contributed by atoms with Crippen LogP contribution in [0.1, 0.15) is 78.1 Å². The molecule has 0 saturated heterocycles. The molecule has 15 heavy (non-hydrogen) atoms. The van der Waals surface area contributed by atoms with E-state index in [2.05, 4.69) is 13.8 Å². The summed E-state index contributed by atoms with van der Waals surface area (Å²) in [4.78, 5) is 0. The monoisotopic (exact) mass is 211 g/mol. The van der Waals surface area contributed by atoms with E-state index in [4.69, 9.17) is 5.73 Å². The largest absolute Gasteiger partial charge is 0.325 e. The molecule has 0 aromatic heterocycles. The van der Waals surface area contributed by atoms with Crippen LogP contribution < -0.4 is 5.73 Å². The van der Waals surface area contributed by atoms with Gasteiger partial charge in [0.2, 0.25) is 0 Å². The first-order valence-corrected chi connectivity index (χ1v) is 7.02. The van der Waals surface area contributed by atoms with E-state index in [9.17, 15) is 0 Å². The van der Waals surface area contributed by atoms with E-state index in [1.165, 1.54) is 64.2 Å². The molecule has 0 amide bonds. The van der Waals surface area contributed by atoms with Crippen molar-refractivity contribution in [3.63, 3.8) is 0 Å². The van der Waals surface area contributed by atoms with Crippen LogP contribution in [0.3, 0.4) is 0 Å². The lowest BCUT2D eigenvalue weighted by Gasteiger charge is -2.42. The van der Waals surface area contributed by atoms with Gasteiger partial charge in [-0.25, -0.2) is 0 Å². The van der Waals surface area contributed by atoms with E-state index < -0.39 is 0 Å². The van der Waals surface area contributed by atoms with Crippen molar-refractivity contribution in [3.8, 4) is 0 Å². The summed E-state index contributed by atoms with van der Waals surface area (Å²) < 4.78 is 0. The minimum absolute atomic E-state index is 0.198. The van der Waals surface area contributed by atoms with Crippen LogP contribution in [-0.4, -0.2) is 5.54 Å². The number of unbranched alkanes of at least 4 members (excludes halogenated alkanes) is 2. The molecule has 2 unspecified atom stereocenters. The van der Waals surface area contributed by atoms with Crippen molar-refractivity contribution in [1.29, 1.82) is 0 Å². The van der Waals surface area contributed by atoms with Gasteiger partial charge in [0.25, 0.3) is 0 Å². The summed E-state index contributed by atoms with van der Waals surface area (Å²) in [6.45, 7) is 4.56. The van der Waals surface area contributed by atoms with Crippen molar-refractivity contribution in [2.75, 3.05) is 0 Å². The van der Waals surface area contributed by atoms with Crippen LogP contribution in [0.25, 0.3) is 0 Å². The fourth-order valence-corrected chi connectivity index (χ4v) is 3.05. The predicted octanol–water partition coefficient (Wildman–Crippen LogP) is 4.25. The second kappa shape index (κ2) is 6.52. The molecule has 1 fully saturated rings. The number of nitrogens with two attached hydrogens (primary N) is 1. The molecule has 90 valence electrons. The van der Waals surface area contributed by atoms with Crippen LogP contribution in [-0.2, 0) is 0 Å². The maximum atomic E-state index is 6.63. The summed E-state index contributed by atoms with van der Waals surface area (Å²) in [6.07, 6.45) is 13.4. The molecular weight excluding hydrogens is 182 g/mol. The molecule has 0 bridgehead atoms. The summed E-state index contributed by atoms with van der Waals surface area (Å²) in [5, 5.41) is 0. The summed E-state index contributed by atoms with van der Waals surface area (Å²) >= 11 is 0. The molecule has 0 heterocycles. The Kier molecular flexibility index (Phi) is 5.66. The fraction of sp³-hybridized carbons (Fsp3) is 1.00. The van der Waals surface area contributed by atoms with Gasteiger partial charge in [-0.2, -0.15) is 0 Å². The van der Waals surface area contributed by atoms with Crippen molar-refractivity contribution < 1.29 is 0 Å². The van der Waals surface area contributed by atoms with Gasteiger partial charge in [0.05, 0.1) is 0 Å². The summed E-state index contributed by atoms with van der Waals surface area (Å²) in [5.41, 5.74) is 6.83. The number of rotatable bonds is 6. The predicted molar refractivity (Wildman–Crippen MR) is 67.9 cm³/mol. The van der Waals surface area contributed by atoms with Crippen molar-refractivity contribution in [2.24, 2.45) is 11.7 Å². The van der Waals surface area contributed by atoms with Gasteiger partial charge in [-0.1, -0.05) is 52.4 Å². The highest BCUT2D eigenvalue weighted by Crippen LogP contribution is 2.38. The highest BCUT2D eigenvalue weighted by molar-refractivity contribution is 4.93. The molecule has 0 aliphatic heterocycles. The van der Waals surface area contributed by atoms with Gasteiger partial charge < -0.3 is 5.73 Å². The van der Waals surface area contributed by atoms with E-state index in [0.29, 0.717) is 0 Å². The second-order valence-electron chi connectivity index (χ2n) is 5.42. The second-order valence-corrected chi connectivity index (χ2v) is 5.42. The average molecular weight is 211 g/mol. The molecule has 1 rings (SSSR count). The molecule has 2 atom stereocenters. The van der Waals surface area contributed by atoms with Crippen molar-refractivity contribution in [3.05, 3.63) is 0 Å². The van der Waals surface area contributed by atoms with Gasteiger partial charge in [0, 0.05) is 5.54 Å². The van der Waals surface area contributed by atoms with E-state index in [1.54, 1.807) is 0 Å². The Morgan fingerprint density at radius 2 is 1.87 bits per heavy atom. The van der Waals surface area contributed by atoms with Crippen LogP contribution in [0.5, 0.6) is 0 Å². The lowest BCUT2D eigenvalue weighted by Crippen LogP contribution is -2.49. The van der Waals surface area contributed by atoms with Crippen LogP contribution in [0.2, 0.25) is 0 Å². The third-order valence-electron chi connectivity index (χ3n) is 4.16. The van der Waals surface area contributed by atoms with Crippen LogP contribution in [0.15, 0.2) is 0 Å². The molecule has 1 aliphatic rings. The Balaban J connectivity index is 2.46. The van der Waals surface area contributed by atoms with Gasteiger partial charge in [0.1, 0.15) is 0 Å². The summed E-state index contributed by atoms with van der Waals surface area (Å²) in [6, 6.07) is 0. The van der Waals surface area contributed by atoms with Gasteiger partial charge in [-0.3, -0.25) is 0 Å². The van der Waals surface area contributed by atoms with Gasteiger partial charge in [0.15, 0.2) is 0 Å². The zero-order valence-electron chi connectivity index (χ0n) is 10.7. The van der Waals surface area contributed by atoms with E-state index >= 15 is 0 Å². The molecule has 1 aliphatic carbocycles. The van der Waals surface area contributed by atoms with E-state index in [-0.39, 0.29) is 5.54 Å². The third-order valence-corrected chi connectivity index (χ3v) is 4.16. The van der Waals surface area contributed by atoms with Gasteiger partial charge >= 0.3 is 0 Å². The topological polar surface area (TPSA) is 26.0 Å². The standard InChI is InChI=1S/C14H29N/c1-3-5-9-13-10-7-8-12-14(13,15)11-6-4-2/h13H,3-12,15H2,1-2H3. The zero-order valence-corrected chi connectivity index (χ0v) is 10.7. The highest BCUT2D eigenvalue weighted by Gasteiger charge is 2.35. The smallest absolute Gasteiger partial charge is 0.0182 e. The molecule has 0 aromatic rings. The molecule has 0 radical (unpaired) electrons. The highest BCUT2D eigenvalue weighted by atomic mass is 14.8. The van der Waals surface area contributed by atoms with Gasteiger partial charge in [-0.15, -0.1) is 0 Å². The Labute approximate surface area is 95.8 Å². The molecule has 1 saturated carbocycles. The molecular formula is C14H29N. The summed E-state index contributed by atoms with van der Waals surface area (Å²) in [5.74, 6) is 0.817. The Morgan fingerprint density at radius 1 is 1.13 bits per heavy atom. The zero-order chi connectivity index (χ0) is 11.1. The van der Waals surface area contributed by atoms with Crippen LogP contribution in [0.4, 0.5) is 0 Å². The quantitative estimate of drug-likeness (QED) is 0.698. The van der Waals surface area contributed by atoms with Crippen molar-refractivity contribution >= 4 is 0 Å². The lowest BCUT2D eigenvalue weighted by molar-refractivity contribution is 0.160. The normalized spacial score (nSPS) is 31.8. The van der Waals surface area contributed by atoms with Crippen molar-refractivity contribution in [2.45, 2.75) is 83.6 Å². The Morgan fingerprint density at radius 3 is 2.53 bits per heavy atom. The van der Waals surface area contributed by atoms with Gasteiger partial charge in [-0.05, 0) is 31.6 Å². The number of hydrogen-bond acceptors (Lipinski definition) is 1. The Bertz CT molecular complexity index is 167. The first-order chi connectivity index (χ1) is 7.23. The maximum absolute atomic E-state index is 6.63. The molecule has 0 aromatic carbocycles. The minimum Gasteiger partial charge on any atom is -0.325 e. The average Bonchev–Trinajstić information content (AvgIpc) is 2.25. The van der Waals surface area contributed by atoms with Crippen molar-refractivity contribution in [1.82, 2.24) is 0 Å². The van der Waals surface area contributed by atoms with E-state index in [1.807, 2.05) is 0 Å². The molecule has 0 spiro atoms. The van der Waals surface area contributed by atoms with E-state index in [0.717, 1.165) is 5.92 Å². The maximum Gasteiger partial charge on any atom is 0.0182 e. The number of hydrogen-bond donors (Lipinski definition) is 1. The summed E-state index contributed by atoms with van der Waals surface area (Å²) in [7, 11) is 0. The van der Waals surface area contributed by atoms with Crippen LogP contribution in [0, 0.1) is 5.92 Å². The minimum atomic E-state index is 0.198. The first-order valence-electron chi connectivity index (χ1n) is 7.02. The Hall–Kier alpha value is -0.0400. The SMILES string of the molecule is CCCCC1CCCCC1(N)CCCC. The molecule has 1 nitrogen and oxygen atoms in total.